The molecule has 4 nitrogen and oxygen atoms in total. The molecule has 0 heterocycles. The lowest BCUT2D eigenvalue weighted by atomic mass is 9.97. The number of ether oxygens (including phenoxy) is 1. The smallest absolute Gasteiger partial charge is 0.254 e. The molecule has 150 valence electrons. The number of rotatable bonds is 6. The second kappa shape index (κ2) is 8.59. The predicted molar refractivity (Wildman–Crippen MR) is 107 cm³/mol. The molecule has 3 aromatic rings. The van der Waals surface area contributed by atoms with Crippen LogP contribution >= 0.6 is 11.6 Å². The predicted octanol–water partition coefficient (Wildman–Crippen LogP) is 4.80. The molecule has 7 heteroatoms. The molecule has 0 saturated carbocycles. The normalized spacial score (nSPS) is 11.9. The van der Waals surface area contributed by atoms with Crippen molar-refractivity contribution in [2.24, 2.45) is 5.73 Å². The summed E-state index contributed by atoms with van der Waals surface area (Å²) in [5.41, 5.74) is 7.49. The fraction of sp³-hybridized carbons (Fsp3) is 0.136. The fourth-order valence-corrected chi connectivity index (χ4v) is 3.30. The maximum Gasteiger partial charge on any atom is 0.254 e. The van der Waals surface area contributed by atoms with E-state index >= 15 is 0 Å². The standard InChI is InChI=1S/C22H18ClF2NO3/c1-12-9-15(23)5-6-16(12)13-3-2-4-14(10-13)19(11-27)29-18-8-7-17(24)20(21(18)25)22(26)28/h2-10,19,27H,11H2,1H3,(H2,26,28). The van der Waals surface area contributed by atoms with E-state index in [0.29, 0.717) is 10.6 Å². The second-order valence-corrected chi connectivity index (χ2v) is 6.91. The maximum absolute atomic E-state index is 14.5. The molecule has 1 atom stereocenters. The first-order chi connectivity index (χ1) is 13.8. The van der Waals surface area contributed by atoms with E-state index in [9.17, 15) is 18.7 Å². The van der Waals surface area contributed by atoms with Crippen LogP contribution in [0.4, 0.5) is 8.78 Å². The molecule has 3 aromatic carbocycles. The summed E-state index contributed by atoms with van der Waals surface area (Å²) in [6.07, 6.45) is -0.941. The number of aliphatic hydroxyl groups excluding tert-OH is 1. The molecule has 0 fully saturated rings. The van der Waals surface area contributed by atoms with Gasteiger partial charge in [0.15, 0.2) is 11.6 Å². The van der Waals surface area contributed by atoms with Crippen LogP contribution in [0.2, 0.25) is 5.02 Å². The summed E-state index contributed by atoms with van der Waals surface area (Å²) >= 11 is 6.01. The van der Waals surface area contributed by atoms with Gasteiger partial charge >= 0.3 is 0 Å². The third kappa shape index (κ3) is 4.39. The Bertz CT molecular complexity index is 1070. The van der Waals surface area contributed by atoms with Gasteiger partial charge in [0.1, 0.15) is 17.5 Å². The van der Waals surface area contributed by atoms with Crippen LogP contribution in [-0.4, -0.2) is 17.6 Å². The zero-order valence-electron chi connectivity index (χ0n) is 15.5. The van der Waals surface area contributed by atoms with Gasteiger partial charge in [0, 0.05) is 5.02 Å². The molecule has 29 heavy (non-hydrogen) atoms. The molecule has 3 N–H and O–H groups in total. The summed E-state index contributed by atoms with van der Waals surface area (Å²) in [6, 6.07) is 14.6. The number of nitrogens with two attached hydrogens (primary N) is 1. The van der Waals surface area contributed by atoms with E-state index in [2.05, 4.69) is 0 Å². The number of hydrogen-bond acceptors (Lipinski definition) is 3. The van der Waals surface area contributed by atoms with E-state index in [0.717, 1.165) is 28.8 Å². The van der Waals surface area contributed by atoms with E-state index in [1.807, 2.05) is 25.1 Å². The number of aliphatic hydroxyl groups is 1. The molecular weight excluding hydrogens is 400 g/mol. The Morgan fingerprint density at radius 3 is 2.59 bits per heavy atom. The summed E-state index contributed by atoms with van der Waals surface area (Å²) in [4.78, 5) is 11.3. The van der Waals surface area contributed by atoms with Crippen LogP contribution in [0.5, 0.6) is 5.75 Å². The van der Waals surface area contributed by atoms with E-state index in [-0.39, 0.29) is 5.75 Å². The number of benzene rings is 3. The van der Waals surface area contributed by atoms with Crippen LogP contribution in [0.3, 0.4) is 0 Å². The number of carbonyl (C=O) groups excluding carboxylic acids is 1. The van der Waals surface area contributed by atoms with Crippen molar-refractivity contribution < 1.29 is 23.4 Å². The van der Waals surface area contributed by atoms with E-state index < -0.39 is 35.8 Å². The lowest BCUT2D eigenvalue weighted by Gasteiger charge is -2.19. The van der Waals surface area contributed by atoms with Crippen LogP contribution in [0.25, 0.3) is 11.1 Å². The first-order valence-electron chi connectivity index (χ1n) is 8.73. The average molecular weight is 418 g/mol. The number of amides is 1. The number of primary amides is 1. The number of carbonyl (C=O) groups is 1. The largest absolute Gasteiger partial charge is 0.480 e. The van der Waals surface area contributed by atoms with Crippen LogP contribution in [0, 0.1) is 18.6 Å². The van der Waals surface area contributed by atoms with Crippen molar-refractivity contribution in [3.8, 4) is 16.9 Å². The van der Waals surface area contributed by atoms with Crippen molar-refractivity contribution in [2.45, 2.75) is 13.0 Å². The minimum Gasteiger partial charge on any atom is -0.480 e. The van der Waals surface area contributed by atoms with Gasteiger partial charge in [-0.3, -0.25) is 4.79 Å². The lowest BCUT2D eigenvalue weighted by molar-refractivity contribution is 0.0982. The van der Waals surface area contributed by atoms with Crippen LogP contribution < -0.4 is 10.5 Å². The van der Waals surface area contributed by atoms with Crippen LogP contribution in [-0.2, 0) is 0 Å². The molecule has 0 radical (unpaired) electrons. The van der Waals surface area contributed by atoms with E-state index in [1.165, 1.54) is 0 Å². The second-order valence-electron chi connectivity index (χ2n) is 6.47. The zero-order chi connectivity index (χ0) is 21.1. The summed E-state index contributed by atoms with van der Waals surface area (Å²) < 4.78 is 33.7. The minimum absolute atomic E-state index is 0.382. The van der Waals surface area contributed by atoms with E-state index in [4.69, 9.17) is 22.1 Å². The minimum atomic E-state index is -1.24. The highest BCUT2D eigenvalue weighted by Crippen LogP contribution is 2.31. The van der Waals surface area contributed by atoms with Crippen molar-refractivity contribution in [2.75, 3.05) is 6.61 Å². The van der Waals surface area contributed by atoms with Gasteiger partial charge in [-0.05, 0) is 59.5 Å². The molecule has 1 unspecified atom stereocenters. The van der Waals surface area contributed by atoms with Crippen molar-refractivity contribution in [1.29, 1.82) is 0 Å². The molecule has 0 aliphatic heterocycles. The van der Waals surface area contributed by atoms with Gasteiger partial charge in [0.2, 0.25) is 0 Å². The highest BCUT2D eigenvalue weighted by molar-refractivity contribution is 6.30. The molecule has 0 aliphatic carbocycles. The van der Waals surface area contributed by atoms with Gasteiger partial charge in [-0.15, -0.1) is 0 Å². The first-order valence-corrected chi connectivity index (χ1v) is 9.11. The quantitative estimate of drug-likeness (QED) is 0.604. The molecule has 3 rings (SSSR count). The lowest BCUT2D eigenvalue weighted by Crippen LogP contribution is -2.18. The molecule has 0 saturated heterocycles. The van der Waals surface area contributed by atoms with E-state index in [1.54, 1.807) is 24.3 Å². The van der Waals surface area contributed by atoms with Gasteiger partial charge in [-0.2, -0.15) is 0 Å². The summed E-state index contributed by atoms with van der Waals surface area (Å²) in [5.74, 6) is -3.91. The van der Waals surface area contributed by atoms with Gasteiger partial charge < -0.3 is 15.6 Å². The molecule has 0 spiro atoms. The first kappa shape index (κ1) is 20.8. The highest BCUT2D eigenvalue weighted by Gasteiger charge is 2.22. The highest BCUT2D eigenvalue weighted by atomic mass is 35.5. The molecule has 0 aromatic heterocycles. The Balaban J connectivity index is 1.96. The monoisotopic (exact) mass is 417 g/mol. The van der Waals surface area contributed by atoms with Crippen LogP contribution in [0.15, 0.2) is 54.6 Å². The molecule has 1 amide bonds. The topological polar surface area (TPSA) is 72.6 Å². The third-order valence-corrected chi connectivity index (χ3v) is 4.73. The van der Waals surface area contributed by atoms with Crippen molar-refractivity contribution in [3.05, 3.63) is 87.9 Å². The Kier molecular flexibility index (Phi) is 6.15. The summed E-state index contributed by atoms with van der Waals surface area (Å²) in [7, 11) is 0. The molecule has 0 bridgehead atoms. The number of hydrogen-bond donors (Lipinski definition) is 2. The Morgan fingerprint density at radius 2 is 1.93 bits per heavy atom. The summed E-state index contributed by atoms with van der Waals surface area (Å²) in [6.45, 7) is 1.46. The Labute approximate surface area is 171 Å². The van der Waals surface area contributed by atoms with Gasteiger partial charge in [-0.25, -0.2) is 8.78 Å². The van der Waals surface area contributed by atoms with Gasteiger partial charge in [0.25, 0.3) is 5.91 Å². The maximum atomic E-state index is 14.5. The van der Waals surface area contributed by atoms with Crippen molar-refractivity contribution in [1.82, 2.24) is 0 Å². The Morgan fingerprint density at radius 1 is 1.17 bits per heavy atom. The number of aryl methyl sites for hydroxylation is 1. The zero-order valence-corrected chi connectivity index (χ0v) is 16.2. The SMILES string of the molecule is Cc1cc(Cl)ccc1-c1cccc(C(CO)Oc2ccc(F)c(C(N)=O)c2F)c1. The third-order valence-electron chi connectivity index (χ3n) is 4.50. The average Bonchev–Trinajstić information content (AvgIpc) is 2.67. The van der Waals surface area contributed by atoms with Crippen LogP contribution in [0.1, 0.15) is 27.6 Å². The Hall–Kier alpha value is -2.96. The fourth-order valence-electron chi connectivity index (χ4n) is 3.07. The summed E-state index contributed by atoms with van der Waals surface area (Å²) in [5, 5.41) is 10.4. The molecular formula is C22H18ClF2NO3. The van der Waals surface area contributed by atoms with Crippen molar-refractivity contribution in [3.63, 3.8) is 0 Å². The van der Waals surface area contributed by atoms with Gasteiger partial charge in [-0.1, -0.05) is 35.9 Å². The van der Waals surface area contributed by atoms with Crippen molar-refractivity contribution >= 4 is 17.5 Å². The number of halogens is 3. The van der Waals surface area contributed by atoms with Gasteiger partial charge in [0.05, 0.1) is 6.61 Å². The molecule has 0 aliphatic rings.